The molecule has 1 aromatic carbocycles. The highest BCUT2D eigenvalue weighted by molar-refractivity contribution is 6.39. The van der Waals surface area contributed by atoms with Crippen LogP contribution in [0.3, 0.4) is 0 Å². The van der Waals surface area contributed by atoms with E-state index in [0.717, 1.165) is 37.8 Å². The number of Topliss-reactive ketones (excluding diaryl/α,β-unsaturated/α-hetero) is 1. The second-order valence-electron chi connectivity index (χ2n) is 7.43. The molecule has 0 spiro atoms. The third-order valence-corrected chi connectivity index (χ3v) is 5.42. The molecular weight excluding hydrogens is 352 g/mol. The molecule has 0 atom stereocenters. The SMILES string of the molecule is CC1(C)CCC(CN(CO)CC(=O)c2c(Cl)cc(F)cc2Cl)CC1. The monoisotopic (exact) mass is 375 g/mol. The quantitative estimate of drug-likeness (QED) is 0.574. The maximum absolute atomic E-state index is 13.2. The summed E-state index contributed by atoms with van der Waals surface area (Å²) in [5, 5.41) is 9.59. The number of ketones is 1. The van der Waals surface area contributed by atoms with Gasteiger partial charge >= 0.3 is 0 Å². The van der Waals surface area contributed by atoms with Crippen molar-refractivity contribution >= 4 is 29.0 Å². The minimum atomic E-state index is -0.578. The molecule has 0 unspecified atom stereocenters. The summed E-state index contributed by atoms with van der Waals surface area (Å²) in [5.74, 6) is -0.419. The van der Waals surface area contributed by atoms with Crippen molar-refractivity contribution in [3.05, 3.63) is 33.6 Å². The second-order valence-corrected chi connectivity index (χ2v) is 8.24. The summed E-state index contributed by atoms with van der Waals surface area (Å²) >= 11 is 11.9. The average molecular weight is 376 g/mol. The molecule has 0 saturated heterocycles. The fourth-order valence-electron chi connectivity index (χ4n) is 3.27. The van der Waals surface area contributed by atoms with Crippen LogP contribution in [0.4, 0.5) is 4.39 Å². The number of rotatable bonds is 6. The van der Waals surface area contributed by atoms with Gasteiger partial charge < -0.3 is 5.11 Å². The van der Waals surface area contributed by atoms with Gasteiger partial charge in [0.05, 0.1) is 28.9 Å². The molecule has 1 saturated carbocycles. The van der Waals surface area contributed by atoms with Crippen molar-refractivity contribution in [1.29, 1.82) is 0 Å². The summed E-state index contributed by atoms with van der Waals surface area (Å²) in [6.07, 6.45) is 4.49. The number of carbonyl (C=O) groups is 1. The van der Waals surface area contributed by atoms with Gasteiger partial charge in [0, 0.05) is 6.54 Å². The molecule has 0 radical (unpaired) electrons. The van der Waals surface area contributed by atoms with Crippen molar-refractivity contribution in [2.45, 2.75) is 39.5 Å². The molecule has 134 valence electrons. The molecule has 24 heavy (non-hydrogen) atoms. The third kappa shape index (κ3) is 5.16. The summed E-state index contributed by atoms with van der Waals surface area (Å²) in [6, 6.07) is 2.15. The van der Waals surface area contributed by atoms with E-state index in [2.05, 4.69) is 13.8 Å². The van der Waals surface area contributed by atoms with Gasteiger partial charge in [-0.2, -0.15) is 0 Å². The molecule has 0 bridgehead atoms. The molecule has 1 aromatic rings. The maximum atomic E-state index is 13.2. The molecule has 0 aromatic heterocycles. The van der Waals surface area contributed by atoms with E-state index in [0.29, 0.717) is 17.9 Å². The predicted octanol–water partition coefficient (Wildman–Crippen LogP) is 4.78. The van der Waals surface area contributed by atoms with Crippen LogP contribution in [0, 0.1) is 17.2 Å². The lowest BCUT2D eigenvalue weighted by atomic mass is 9.73. The lowest BCUT2D eigenvalue weighted by molar-refractivity contribution is 0.0615. The van der Waals surface area contributed by atoms with Crippen LogP contribution >= 0.6 is 23.2 Å². The van der Waals surface area contributed by atoms with Gasteiger partial charge in [-0.15, -0.1) is 0 Å². The van der Waals surface area contributed by atoms with Crippen LogP contribution in [0.1, 0.15) is 49.9 Å². The van der Waals surface area contributed by atoms with E-state index < -0.39 is 5.82 Å². The van der Waals surface area contributed by atoms with Gasteiger partial charge in [0.25, 0.3) is 0 Å². The zero-order valence-electron chi connectivity index (χ0n) is 14.1. The number of halogens is 3. The standard InChI is InChI=1S/C18H24Cl2FNO2/c1-18(2)5-3-12(4-6-18)9-22(11-23)10-16(24)17-14(19)7-13(21)8-15(17)20/h7-8,12,23H,3-6,9-11H2,1-2H3. The van der Waals surface area contributed by atoms with Gasteiger partial charge in [-0.25, -0.2) is 4.39 Å². The minimum Gasteiger partial charge on any atom is -0.381 e. The molecule has 1 aliphatic carbocycles. The van der Waals surface area contributed by atoms with Crippen molar-refractivity contribution in [3.63, 3.8) is 0 Å². The molecule has 1 fully saturated rings. The first kappa shape index (κ1) is 19.6. The number of benzene rings is 1. The average Bonchev–Trinajstić information content (AvgIpc) is 2.47. The van der Waals surface area contributed by atoms with E-state index in [1.807, 2.05) is 0 Å². The van der Waals surface area contributed by atoms with Gasteiger partial charge in [-0.1, -0.05) is 37.0 Å². The summed E-state index contributed by atoms with van der Waals surface area (Å²) < 4.78 is 13.2. The molecule has 1 N–H and O–H groups in total. The Labute approximate surface area is 152 Å². The van der Waals surface area contributed by atoms with Crippen LogP contribution in [-0.2, 0) is 0 Å². The largest absolute Gasteiger partial charge is 0.381 e. The first-order chi connectivity index (χ1) is 11.2. The van der Waals surface area contributed by atoms with E-state index in [1.54, 1.807) is 4.90 Å². The van der Waals surface area contributed by atoms with Crippen molar-refractivity contribution < 1.29 is 14.3 Å². The van der Waals surface area contributed by atoms with Crippen molar-refractivity contribution in [2.75, 3.05) is 19.8 Å². The lowest BCUT2D eigenvalue weighted by Crippen LogP contribution is -2.37. The summed E-state index contributed by atoms with van der Waals surface area (Å²) in [6.45, 7) is 5.02. The van der Waals surface area contributed by atoms with E-state index in [4.69, 9.17) is 23.2 Å². The third-order valence-electron chi connectivity index (χ3n) is 4.83. The Balaban J connectivity index is 1.99. The molecule has 0 amide bonds. The highest BCUT2D eigenvalue weighted by atomic mass is 35.5. The first-order valence-corrected chi connectivity index (χ1v) is 8.98. The van der Waals surface area contributed by atoms with Gasteiger partial charge in [0.15, 0.2) is 5.78 Å². The van der Waals surface area contributed by atoms with Gasteiger partial charge in [0.2, 0.25) is 0 Å². The Morgan fingerprint density at radius 1 is 1.29 bits per heavy atom. The van der Waals surface area contributed by atoms with Crippen LogP contribution in [0.5, 0.6) is 0 Å². The van der Waals surface area contributed by atoms with Crippen molar-refractivity contribution in [2.24, 2.45) is 11.3 Å². The van der Waals surface area contributed by atoms with Gasteiger partial charge in [-0.3, -0.25) is 9.69 Å². The van der Waals surface area contributed by atoms with Crippen molar-refractivity contribution in [3.8, 4) is 0 Å². The predicted molar refractivity (Wildman–Crippen MR) is 95.1 cm³/mol. The Morgan fingerprint density at radius 2 is 1.83 bits per heavy atom. The fraction of sp³-hybridized carbons (Fsp3) is 0.611. The Hall–Kier alpha value is -0.680. The zero-order valence-corrected chi connectivity index (χ0v) is 15.6. The fourth-order valence-corrected chi connectivity index (χ4v) is 3.94. The van der Waals surface area contributed by atoms with Crippen molar-refractivity contribution in [1.82, 2.24) is 4.90 Å². The number of carbonyl (C=O) groups excluding carboxylic acids is 1. The van der Waals surface area contributed by atoms with Crippen LogP contribution in [0.2, 0.25) is 10.0 Å². The number of nitrogens with zero attached hydrogens (tertiary/aromatic N) is 1. The Kier molecular flexibility index (Phi) is 6.66. The first-order valence-electron chi connectivity index (χ1n) is 8.23. The summed E-state index contributed by atoms with van der Waals surface area (Å²) in [7, 11) is 0. The summed E-state index contributed by atoms with van der Waals surface area (Å²) in [5.41, 5.74) is 0.494. The van der Waals surface area contributed by atoms with Crippen LogP contribution in [0.25, 0.3) is 0 Å². The Bertz CT molecular complexity index is 574. The van der Waals surface area contributed by atoms with E-state index in [-0.39, 0.29) is 34.7 Å². The highest BCUT2D eigenvalue weighted by Gasteiger charge is 2.28. The highest BCUT2D eigenvalue weighted by Crippen LogP contribution is 2.38. The molecule has 0 aliphatic heterocycles. The Morgan fingerprint density at radius 3 is 2.33 bits per heavy atom. The van der Waals surface area contributed by atoms with E-state index in [1.165, 1.54) is 0 Å². The van der Waals surface area contributed by atoms with E-state index in [9.17, 15) is 14.3 Å². The second kappa shape index (κ2) is 8.13. The number of aliphatic hydroxyl groups excluding tert-OH is 1. The van der Waals surface area contributed by atoms with Crippen LogP contribution in [0.15, 0.2) is 12.1 Å². The topological polar surface area (TPSA) is 40.5 Å². The number of hydrogen-bond donors (Lipinski definition) is 1. The zero-order chi connectivity index (χ0) is 17.9. The smallest absolute Gasteiger partial charge is 0.179 e. The van der Waals surface area contributed by atoms with Crippen LogP contribution < -0.4 is 0 Å². The summed E-state index contributed by atoms with van der Waals surface area (Å²) in [4.78, 5) is 14.2. The molecule has 0 heterocycles. The molecule has 2 rings (SSSR count). The molecule has 6 heteroatoms. The van der Waals surface area contributed by atoms with Gasteiger partial charge in [0.1, 0.15) is 5.82 Å². The lowest BCUT2D eigenvalue weighted by Gasteiger charge is -2.36. The van der Waals surface area contributed by atoms with E-state index >= 15 is 0 Å². The normalized spacial score (nSPS) is 18.1. The number of hydrogen-bond acceptors (Lipinski definition) is 3. The molecule has 1 aliphatic rings. The molecule has 3 nitrogen and oxygen atoms in total. The molecular formula is C18H24Cl2FNO2. The maximum Gasteiger partial charge on any atom is 0.179 e. The van der Waals surface area contributed by atoms with Gasteiger partial charge in [-0.05, 0) is 49.1 Å². The minimum absolute atomic E-state index is 0.00213. The number of aliphatic hydroxyl groups is 1. The van der Waals surface area contributed by atoms with Crippen LogP contribution in [-0.4, -0.2) is 35.6 Å².